The second-order valence-corrected chi connectivity index (χ2v) is 5.81. The van der Waals surface area contributed by atoms with E-state index >= 15 is 0 Å². The molecule has 2 fully saturated rings. The molecule has 3 nitrogen and oxygen atoms in total. The summed E-state index contributed by atoms with van der Waals surface area (Å²) in [5.41, 5.74) is 4.78. The molecule has 2 saturated carbocycles. The van der Waals surface area contributed by atoms with Gasteiger partial charge in [0.1, 0.15) is 0 Å². The van der Waals surface area contributed by atoms with Crippen molar-refractivity contribution in [3.8, 4) is 0 Å². The molecule has 2 bridgehead atoms. The minimum atomic E-state index is -0.554. The standard InChI is InChI=1S/C12H22N2O/c1-12(2,11(13)15)14-7-10-6-8-3-4-9(10)5-8/h8-10,14H,3-7H2,1-2H3,(H2,13,15). The first-order valence-corrected chi connectivity index (χ1v) is 6.04. The lowest BCUT2D eigenvalue weighted by Crippen LogP contribution is -2.52. The molecule has 0 aliphatic heterocycles. The summed E-state index contributed by atoms with van der Waals surface area (Å²) in [6.45, 7) is 4.68. The fourth-order valence-electron chi connectivity index (χ4n) is 3.10. The summed E-state index contributed by atoms with van der Waals surface area (Å²) < 4.78 is 0. The second-order valence-electron chi connectivity index (χ2n) is 5.81. The molecular formula is C12H22N2O. The average Bonchev–Trinajstić information content (AvgIpc) is 2.75. The third-order valence-electron chi connectivity index (χ3n) is 4.31. The van der Waals surface area contributed by atoms with Crippen LogP contribution in [0.2, 0.25) is 0 Å². The van der Waals surface area contributed by atoms with Crippen molar-refractivity contribution in [1.29, 1.82) is 0 Å². The molecule has 1 amide bonds. The van der Waals surface area contributed by atoms with Crippen LogP contribution in [-0.2, 0) is 4.79 Å². The molecule has 2 aliphatic carbocycles. The zero-order valence-electron chi connectivity index (χ0n) is 9.75. The van der Waals surface area contributed by atoms with Crippen LogP contribution in [0.15, 0.2) is 0 Å². The van der Waals surface area contributed by atoms with Crippen LogP contribution in [0.25, 0.3) is 0 Å². The van der Waals surface area contributed by atoms with E-state index in [-0.39, 0.29) is 5.91 Å². The summed E-state index contributed by atoms with van der Waals surface area (Å²) in [4.78, 5) is 11.1. The molecule has 3 heteroatoms. The summed E-state index contributed by atoms with van der Waals surface area (Å²) in [5, 5.41) is 3.31. The van der Waals surface area contributed by atoms with Crippen LogP contribution in [0.1, 0.15) is 39.5 Å². The topological polar surface area (TPSA) is 55.1 Å². The lowest BCUT2D eigenvalue weighted by molar-refractivity contribution is -0.123. The fourth-order valence-corrected chi connectivity index (χ4v) is 3.10. The Morgan fingerprint density at radius 1 is 1.40 bits per heavy atom. The highest BCUT2D eigenvalue weighted by Crippen LogP contribution is 2.48. The van der Waals surface area contributed by atoms with Crippen LogP contribution in [0.4, 0.5) is 0 Å². The number of fused-ring (bicyclic) bond motifs is 2. The predicted octanol–water partition coefficient (Wildman–Crippen LogP) is 1.28. The van der Waals surface area contributed by atoms with Crippen molar-refractivity contribution in [2.75, 3.05) is 6.54 Å². The Balaban J connectivity index is 1.81. The Bertz CT molecular complexity index is 262. The van der Waals surface area contributed by atoms with Gasteiger partial charge in [-0.1, -0.05) is 6.42 Å². The highest BCUT2D eigenvalue weighted by Gasteiger charge is 2.40. The number of amides is 1. The Morgan fingerprint density at radius 2 is 2.13 bits per heavy atom. The molecular weight excluding hydrogens is 188 g/mol. The molecule has 0 heterocycles. The number of primary amides is 1. The maximum Gasteiger partial charge on any atom is 0.237 e. The highest BCUT2D eigenvalue weighted by molar-refractivity contribution is 5.83. The fraction of sp³-hybridized carbons (Fsp3) is 0.917. The van der Waals surface area contributed by atoms with E-state index < -0.39 is 5.54 Å². The molecule has 0 aromatic rings. The molecule has 0 aromatic carbocycles. The molecule has 2 aliphatic rings. The van der Waals surface area contributed by atoms with Crippen LogP contribution in [0.5, 0.6) is 0 Å². The van der Waals surface area contributed by atoms with Gasteiger partial charge in [-0.2, -0.15) is 0 Å². The van der Waals surface area contributed by atoms with Gasteiger partial charge in [-0.05, 0) is 57.4 Å². The average molecular weight is 210 g/mol. The lowest BCUT2D eigenvalue weighted by Gasteiger charge is -2.28. The van der Waals surface area contributed by atoms with E-state index in [1.165, 1.54) is 25.7 Å². The van der Waals surface area contributed by atoms with Gasteiger partial charge in [-0.15, -0.1) is 0 Å². The summed E-state index contributed by atoms with van der Waals surface area (Å²) in [7, 11) is 0. The van der Waals surface area contributed by atoms with Gasteiger partial charge in [-0.3, -0.25) is 4.79 Å². The van der Waals surface area contributed by atoms with Gasteiger partial charge in [0.05, 0.1) is 5.54 Å². The van der Waals surface area contributed by atoms with Crippen molar-refractivity contribution in [3.05, 3.63) is 0 Å². The van der Waals surface area contributed by atoms with Crippen molar-refractivity contribution in [2.45, 2.75) is 45.1 Å². The maximum absolute atomic E-state index is 11.1. The van der Waals surface area contributed by atoms with Gasteiger partial charge in [0.15, 0.2) is 0 Å². The number of carbonyl (C=O) groups is 1. The van der Waals surface area contributed by atoms with Crippen LogP contribution < -0.4 is 11.1 Å². The highest BCUT2D eigenvalue weighted by atomic mass is 16.1. The molecule has 0 spiro atoms. The van der Waals surface area contributed by atoms with E-state index in [1.807, 2.05) is 13.8 Å². The number of nitrogens with one attached hydrogen (secondary N) is 1. The molecule has 86 valence electrons. The molecule has 15 heavy (non-hydrogen) atoms. The Labute approximate surface area is 91.8 Å². The second kappa shape index (κ2) is 3.78. The summed E-state index contributed by atoms with van der Waals surface area (Å²) in [5.74, 6) is 2.40. The largest absolute Gasteiger partial charge is 0.368 e. The van der Waals surface area contributed by atoms with Crippen molar-refractivity contribution in [2.24, 2.45) is 23.5 Å². The van der Waals surface area contributed by atoms with Crippen LogP contribution >= 0.6 is 0 Å². The molecule has 0 radical (unpaired) electrons. The monoisotopic (exact) mass is 210 g/mol. The summed E-state index contributed by atoms with van der Waals surface area (Å²) >= 11 is 0. The van der Waals surface area contributed by atoms with Crippen molar-refractivity contribution in [3.63, 3.8) is 0 Å². The minimum Gasteiger partial charge on any atom is -0.368 e. The van der Waals surface area contributed by atoms with E-state index in [4.69, 9.17) is 5.73 Å². The number of carbonyl (C=O) groups excluding carboxylic acids is 1. The van der Waals surface area contributed by atoms with Gasteiger partial charge in [0, 0.05) is 0 Å². The van der Waals surface area contributed by atoms with E-state index in [2.05, 4.69) is 5.32 Å². The van der Waals surface area contributed by atoms with E-state index in [0.717, 1.165) is 24.3 Å². The van der Waals surface area contributed by atoms with E-state index in [1.54, 1.807) is 0 Å². The molecule has 3 atom stereocenters. The summed E-state index contributed by atoms with van der Waals surface area (Å²) in [6.07, 6.45) is 5.60. The maximum atomic E-state index is 11.1. The smallest absolute Gasteiger partial charge is 0.237 e. The number of rotatable bonds is 4. The number of hydrogen-bond acceptors (Lipinski definition) is 2. The van der Waals surface area contributed by atoms with E-state index in [0.29, 0.717) is 0 Å². The molecule has 3 unspecified atom stereocenters. The lowest BCUT2D eigenvalue weighted by atomic mass is 9.88. The first-order valence-electron chi connectivity index (χ1n) is 6.04. The van der Waals surface area contributed by atoms with Crippen molar-refractivity contribution < 1.29 is 4.79 Å². The SMILES string of the molecule is CC(C)(NCC1CC2CCC1C2)C(N)=O. The Kier molecular flexibility index (Phi) is 2.75. The van der Waals surface area contributed by atoms with Gasteiger partial charge in [0.2, 0.25) is 5.91 Å². The third kappa shape index (κ3) is 2.17. The quantitative estimate of drug-likeness (QED) is 0.734. The molecule has 2 rings (SSSR count). The predicted molar refractivity (Wildman–Crippen MR) is 60.2 cm³/mol. The molecule has 3 N–H and O–H groups in total. The number of nitrogens with two attached hydrogens (primary N) is 1. The van der Waals surface area contributed by atoms with Crippen molar-refractivity contribution in [1.82, 2.24) is 5.32 Å². The third-order valence-corrected chi connectivity index (χ3v) is 4.31. The molecule has 0 aromatic heterocycles. The van der Waals surface area contributed by atoms with Crippen LogP contribution in [-0.4, -0.2) is 18.0 Å². The minimum absolute atomic E-state index is 0.259. The van der Waals surface area contributed by atoms with Gasteiger partial charge >= 0.3 is 0 Å². The van der Waals surface area contributed by atoms with Crippen LogP contribution in [0, 0.1) is 17.8 Å². The van der Waals surface area contributed by atoms with Gasteiger partial charge < -0.3 is 11.1 Å². The first kappa shape index (κ1) is 10.9. The first-order chi connectivity index (χ1) is 6.99. The van der Waals surface area contributed by atoms with Crippen molar-refractivity contribution >= 4 is 5.91 Å². The Morgan fingerprint density at radius 3 is 2.60 bits per heavy atom. The van der Waals surface area contributed by atoms with Gasteiger partial charge in [-0.25, -0.2) is 0 Å². The van der Waals surface area contributed by atoms with Crippen LogP contribution in [0.3, 0.4) is 0 Å². The van der Waals surface area contributed by atoms with E-state index in [9.17, 15) is 4.79 Å². The zero-order valence-corrected chi connectivity index (χ0v) is 9.75. The Hall–Kier alpha value is -0.570. The molecule has 0 saturated heterocycles. The number of hydrogen-bond donors (Lipinski definition) is 2. The zero-order chi connectivity index (χ0) is 11.1. The van der Waals surface area contributed by atoms with Gasteiger partial charge in [0.25, 0.3) is 0 Å². The summed E-state index contributed by atoms with van der Waals surface area (Å²) in [6, 6.07) is 0. The normalized spacial score (nSPS) is 34.7.